The molecule has 4 heteroatoms. The minimum Gasteiger partial charge on any atom is -0.489 e. The van der Waals surface area contributed by atoms with Crippen LogP contribution in [0.1, 0.15) is 48.8 Å². The largest absolute Gasteiger partial charge is 0.489 e. The molecule has 2 aromatic rings. The van der Waals surface area contributed by atoms with Gasteiger partial charge in [0.2, 0.25) is 0 Å². The lowest BCUT2D eigenvalue weighted by Gasteiger charge is -2.24. The van der Waals surface area contributed by atoms with Gasteiger partial charge in [0.25, 0.3) is 0 Å². The predicted octanol–water partition coefficient (Wildman–Crippen LogP) is 5.76. The SMILES string of the molecule is Cc1ccc(C2=C(COc3ccc(CCCC(=O)O)cc3)CC(F)CC2)cc1. The van der Waals surface area contributed by atoms with Crippen LogP contribution in [0.2, 0.25) is 0 Å². The van der Waals surface area contributed by atoms with E-state index in [0.717, 1.165) is 35.3 Å². The van der Waals surface area contributed by atoms with Crippen molar-refractivity contribution in [1.82, 2.24) is 0 Å². The molecule has 1 N–H and O–H groups in total. The summed E-state index contributed by atoms with van der Waals surface area (Å²) >= 11 is 0. The van der Waals surface area contributed by atoms with E-state index >= 15 is 0 Å². The molecule has 1 unspecified atom stereocenters. The minimum atomic E-state index is -0.801. The Balaban J connectivity index is 1.65. The number of carboxylic acids is 1. The Bertz CT molecular complexity index is 822. The number of aliphatic carboxylic acids is 1. The summed E-state index contributed by atoms with van der Waals surface area (Å²) in [7, 11) is 0. The summed E-state index contributed by atoms with van der Waals surface area (Å²) in [5.74, 6) is -0.0185. The van der Waals surface area contributed by atoms with Crippen molar-refractivity contribution in [3.8, 4) is 5.75 Å². The van der Waals surface area contributed by atoms with Crippen molar-refractivity contribution >= 4 is 11.5 Å². The van der Waals surface area contributed by atoms with E-state index < -0.39 is 12.1 Å². The third-order valence-corrected chi connectivity index (χ3v) is 5.19. The van der Waals surface area contributed by atoms with Gasteiger partial charge >= 0.3 is 5.97 Å². The number of ether oxygens (including phenoxy) is 1. The third-order valence-electron chi connectivity index (χ3n) is 5.19. The summed E-state index contributed by atoms with van der Waals surface area (Å²) in [4.78, 5) is 10.6. The summed E-state index contributed by atoms with van der Waals surface area (Å²) in [6.45, 7) is 2.45. The Hall–Kier alpha value is -2.62. The van der Waals surface area contributed by atoms with Crippen molar-refractivity contribution in [3.05, 3.63) is 70.8 Å². The second-order valence-electron chi connectivity index (χ2n) is 7.47. The fourth-order valence-electron chi connectivity index (χ4n) is 3.59. The molecule has 28 heavy (non-hydrogen) atoms. The summed E-state index contributed by atoms with van der Waals surface area (Å²) in [5.41, 5.74) is 5.71. The summed E-state index contributed by atoms with van der Waals surface area (Å²) in [5, 5.41) is 8.71. The highest BCUT2D eigenvalue weighted by molar-refractivity contribution is 5.70. The molecule has 2 aromatic carbocycles. The van der Waals surface area contributed by atoms with Crippen molar-refractivity contribution in [3.63, 3.8) is 0 Å². The number of carboxylic acid groups (broad SMARTS) is 1. The zero-order valence-electron chi connectivity index (χ0n) is 16.3. The molecule has 1 atom stereocenters. The van der Waals surface area contributed by atoms with Gasteiger partial charge in [-0.05, 0) is 67.0 Å². The molecule has 3 nitrogen and oxygen atoms in total. The molecule has 1 aliphatic carbocycles. The number of hydrogen-bond donors (Lipinski definition) is 1. The average Bonchev–Trinajstić information content (AvgIpc) is 2.68. The molecule has 0 saturated heterocycles. The van der Waals surface area contributed by atoms with E-state index in [-0.39, 0.29) is 6.42 Å². The maximum atomic E-state index is 14.0. The molecule has 0 fully saturated rings. The molecule has 1 aliphatic rings. The number of rotatable bonds is 8. The van der Waals surface area contributed by atoms with Gasteiger partial charge < -0.3 is 9.84 Å². The number of carbonyl (C=O) groups is 1. The van der Waals surface area contributed by atoms with Crippen LogP contribution in [0.4, 0.5) is 4.39 Å². The van der Waals surface area contributed by atoms with E-state index in [0.29, 0.717) is 25.9 Å². The summed E-state index contributed by atoms with van der Waals surface area (Å²) in [6.07, 6.45) is 2.47. The standard InChI is InChI=1S/C24H27FO3/c1-17-5-9-19(10-6-17)23-14-11-21(25)15-20(23)16-28-22-12-7-18(8-13-22)3-2-4-24(26)27/h5-10,12-13,21H,2-4,11,14-16H2,1H3,(H,26,27). The number of alkyl halides is 1. The van der Waals surface area contributed by atoms with Crippen LogP contribution in [-0.4, -0.2) is 23.9 Å². The Morgan fingerprint density at radius 3 is 2.54 bits per heavy atom. The van der Waals surface area contributed by atoms with Gasteiger partial charge in [-0.3, -0.25) is 4.79 Å². The highest BCUT2D eigenvalue weighted by Gasteiger charge is 2.22. The average molecular weight is 382 g/mol. The normalized spacial score (nSPS) is 16.9. The molecule has 0 radical (unpaired) electrons. The van der Waals surface area contributed by atoms with Gasteiger partial charge in [-0.2, -0.15) is 0 Å². The molecule has 0 aromatic heterocycles. The first-order valence-electron chi connectivity index (χ1n) is 9.87. The van der Waals surface area contributed by atoms with Crippen LogP contribution in [0.25, 0.3) is 5.57 Å². The minimum absolute atomic E-state index is 0.179. The Morgan fingerprint density at radius 2 is 1.86 bits per heavy atom. The Kier molecular flexibility index (Phi) is 6.85. The van der Waals surface area contributed by atoms with Crippen molar-refractivity contribution in [1.29, 1.82) is 0 Å². The molecule has 0 aliphatic heterocycles. The molecular weight excluding hydrogens is 355 g/mol. The molecule has 0 bridgehead atoms. The van der Waals surface area contributed by atoms with E-state index in [4.69, 9.17) is 9.84 Å². The van der Waals surface area contributed by atoms with Gasteiger partial charge in [0.15, 0.2) is 0 Å². The van der Waals surface area contributed by atoms with Gasteiger partial charge in [-0.25, -0.2) is 4.39 Å². The van der Waals surface area contributed by atoms with Crippen LogP contribution in [-0.2, 0) is 11.2 Å². The fraction of sp³-hybridized carbons (Fsp3) is 0.375. The third kappa shape index (κ3) is 5.69. The molecule has 0 spiro atoms. The van der Waals surface area contributed by atoms with E-state index in [2.05, 4.69) is 31.2 Å². The monoisotopic (exact) mass is 382 g/mol. The lowest BCUT2D eigenvalue weighted by molar-refractivity contribution is -0.137. The summed E-state index contributed by atoms with van der Waals surface area (Å²) < 4.78 is 20.0. The zero-order chi connectivity index (χ0) is 19.9. The molecule has 0 saturated carbocycles. The Morgan fingerprint density at radius 1 is 1.14 bits per heavy atom. The van der Waals surface area contributed by atoms with Crippen LogP contribution in [0, 0.1) is 6.92 Å². The topological polar surface area (TPSA) is 46.5 Å². The van der Waals surface area contributed by atoms with Gasteiger partial charge in [0.1, 0.15) is 18.5 Å². The maximum absolute atomic E-state index is 14.0. The molecule has 3 rings (SSSR count). The highest BCUT2D eigenvalue weighted by Crippen LogP contribution is 2.34. The first-order chi connectivity index (χ1) is 13.5. The van der Waals surface area contributed by atoms with Crippen molar-refractivity contribution in [2.45, 2.75) is 51.6 Å². The second kappa shape index (κ2) is 9.54. The molecule has 0 amide bonds. The number of benzene rings is 2. The van der Waals surface area contributed by atoms with Crippen LogP contribution in [0.3, 0.4) is 0 Å². The lowest BCUT2D eigenvalue weighted by Crippen LogP contribution is -2.15. The second-order valence-corrected chi connectivity index (χ2v) is 7.47. The van der Waals surface area contributed by atoms with Crippen LogP contribution < -0.4 is 4.74 Å². The number of hydrogen-bond acceptors (Lipinski definition) is 2. The van der Waals surface area contributed by atoms with Crippen molar-refractivity contribution in [2.75, 3.05) is 6.61 Å². The zero-order valence-corrected chi connectivity index (χ0v) is 16.3. The summed E-state index contributed by atoms with van der Waals surface area (Å²) in [6, 6.07) is 16.1. The van der Waals surface area contributed by atoms with Gasteiger partial charge in [-0.1, -0.05) is 42.0 Å². The smallest absolute Gasteiger partial charge is 0.303 e. The van der Waals surface area contributed by atoms with Gasteiger partial charge in [0, 0.05) is 12.8 Å². The first-order valence-corrected chi connectivity index (χ1v) is 9.87. The molecule has 0 heterocycles. The first kappa shape index (κ1) is 20.1. The lowest BCUT2D eigenvalue weighted by atomic mass is 9.86. The number of aryl methyl sites for hydroxylation is 2. The van der Waals surface area contributed by atoms with Gasteiger partial charge in [0.05, 0.1) is 0 Å². The van der Waals surface area contributed by atoms with Gasteiger partial charge in [-0.15, -0.1) is 0 Å². The fourth-order valence-corrected chi connectivity index (χ4v) is 3.59. The van der Waals surface area contributed by atoms with E-state index in [1.165, 1.54) is 11.1 Å². The van der Waals surface area contributed by atoms with E-state index in [1.807, 2.05) is 24.3 Å². The maximum Gasteiger partial charge on any atom is 0.303 e. The molecular formula is C24H27FO3. The highest BCUT2D eigenvalue weighted by atomic mass is 19.1. The number of halogens is 1. The van der Waals surface area contributed by atoms with Crippen LogP contribution in [0.15, 0.2) is 54.1 Å². The Labute approximate surface area is 165 Å². The quantitative estimate of drug-likeness (QED) is 0.632. The van der Waals surface area contributed by atoms with Crippen LogP contribution >= 0.6 is 0 Å². The molecule has 148 valence electrons. The van der Waals surface area contributed by atoms with Crippen molar-refractivity contribution < 1.29 is 19.0 Å². The van der Waals surface area contributed by atoms with Crippen molar-refractivity contribution in [2.24, 2.45) is 0 Å². The van der Waals surface area contributed by atoms with E-state index in [9.17, 15) is 9.18 Å². The predicted molar refractivity (Wildman–Crippen MR) is 109 cm³/mol. The number of allylic oxidation sites excluding steroid dienone is 1. The van der Waals surface area contributed by atoms with Crippen LogP contribution in [0.5, 0.6) is 5.75 Å². The van der Waals surface area contributed by atoms with E-state index in [1.54, 1.807) is 0 Å².